The lowest BCUT2D eigenvalue weighted by atomic mass is 10.1. The van der Waals surface area contributed by atoms with Gasteiger partial charge >= 0.3 is 0 Å². The second-order valence-electron chi connectivity index (χ2n) is 6.35. The second-order valence-corrected chi connectivity index (χ2v) is 6.35. The minimum atomic E-state index is 0.668. The highest BCUT2D eigenvalue weighted by Gasteiger charge is 2.35. The average Bonchev–Trinajstić information content (AvgIpc) is 2.74. The molecule has 4 rings (SSSR count). The minimum absolute atomic E-state index is 0.668. The zero-order valence-electron chi connectivity index (χ0n) is 12.5. The molecule has 2 aliphatic heterocycles. The number of likely N-dealkylation sites (N-methyl/N-ethyl adjacent to an activating group) is 1. The third kappa shape index (κ3) is 2.05. The van der Waals surface area contributed by atoms with Crippen LogP contribution < -0.4 is 10.6 Å². The maximum Gasteiger partial charge on any atom is 0.0724 e. The van der Waals surface area contributed by atoms with Crippen LogP contribution in [0.4, 0.5) is 11.4 Å². The normalized spacial score (nSPS) is 26.2. The van der Waals surface area contributed by atoms with Crippen LogP contribution in [0.2, 0.25) is 0 Å². The molecule has 3 heterocycles. The number of nitrogens with two attached hydrogens (primary N) is 1. The Hall–Kier alpha value is -1.81. The summed E-state index contributed by atoms with van der Waals surface area (Å²) in [6.45, 7) is 2.18. The van der Waals surface area contributed by atoms with Crippen molar-refractivity contribution >= 4 is 22.3 Å². The van der Waals surface area contributed by atoms with Crippen molar-refractivity contribution < 1.29 is 0 Å². The van der Waals surface area contributed by atoms with Crippen molar-refractivity contribution in [3.8, 4) is 0 Å². The van der Waals surface area contributed by atoms with Gasteiger partial charge in [0.2, 0.25) is 0 Å². The molecule has 2 unspecified atom stereocenters. The van der Waals surface area contributed by atoms with Crippen molar-refractivity contribution in [3.05, 3.63) is 30.5 Å². The first-order valence-corrected chi connectivity index (χ1v) is 7.84. The van der Waals surface area contributed by atoms with Gasteiger partial charge in [-0.1, -0.05) is 0 Å². The molecule has 2 aromatic rings. The van der Waals surface area contributed by atoms with Crippen molar-refractivity contribution in [1.82, 2.24) is 9.88 Å². The number of nitrogens with zero attached hydrogens (tertiary/aromatic N) is 3. The fraction of sp³-hybridized carbons (Fsp3) is 0.471. The maximum absolute atomic E-state index is 6.44. The van der Waals surface area contributed by atoms with E-state index in [4.69, 9.17) is 5.73 Å². The van der Waals surface area contributed by atoms with E-state index in [0.717, 1.165) is 35.7 Å². The van der Waals surface area contributed by atoms with Crippen LogP contribution in [0.1, 0.15) is 19.3 Å². The number of nitrogen functional groups attached to an aromatic ring is 1. The molecule has 1 aromatic carbocycles. The topological polar surface area (TPSA) is 45.4 Å². The van der Waals surface area contributed by atoms with E-state index >= 15 is 0 Å². The highest BCUT2D eigenvalue weighted by molar-refractivity contribution is 5.97. The van der Waals surface area contributed by atoms with Gasteiger partial charge in [0.15, 0.2) is 0 Å². The Morgan fingerprint density at radius 2 is 2.00 bits per heavy atom. The lowest BCUT2D eigenvalue weighted by molar-refractivity contribution is 0.254. The molecule has 2 atom stereocenters. The molecule has 4 heteroatoms. The van der Waals surface area contributed by atoms with Gasteiger partial charge in [0, 0.05) is 36.8 Å². The van der Waals surface area contributed by atoms with Gasteiger partial charge in [-0.3, -0.25) is 9.88 Å². The number of rotatable bonds is 1. The van der Waals surface area contributed by atoms with Crippen LogP contribution in [0, 0.1) is 0 Å². The summed E-state index contributed by atoms with van der Waals surface area (Å²) in [5.41, 5.74) is 9.47. The Labute approximate surface area is 125 Å². The Bertz CT molecular complexity index is 669. The molecule has 0 amide bonds. The van der Waals surface area contributed by atoms with Crippen LogP contribution in [0.3, 0.4) is 0 Å². The summed E-state index contributed by atoms with van der Waals surface area (Å²) in [6, 6.07) is 9.68. The lowest BCUT2D eigenvalue weighted by Gasteiger charge is -2.29. The number of anilines is 2. The first-order valence-electron chi connectivity index (χ1n) is 7.84. The number of fused-ring (bicyclic) bond motifs is 3. The Kier molecular flexibility index (Phi) is 3.00. The smallest absolute Gasteiger partial charge is 0.0724 e. The van der Waals surface area contributed by atoms with Crippen molar-refractivity contribution in [2.45, 2.75) is 31.3 Å². The van der Waals surface area contributed by atoms with E-state index in [-0.39, 0.29) is 0 Å². The van der Waals surface area contributed by atoms with Gasteiger partial charge in [-0.15, -0.1) is 0 Å². The summed E-state index contributed by atoms with van der Waals surface area (Å²) in [6.07, 6.45) is 5.72. The monoisotopic (exact) mass is 282 g/mol. The van der Waals surface area contributed by atoms with Crippen molar-refractivity contribution in [2.75, 3.05) is 30.8 Å². The molecule has 4 nitrogen and oxygen atoms in total. The third-order valence-electron chi connectivity index (χ3n) is 5.29. The van der Waals surface area contributed by atoms with Gasteiger partial charge in [-0.25, -0.2) is 0 Å². The van der Waals surface area contributed by atoms with Crippen LogP contribution in [-0.2, 0) is 0 Å². The molecule has 0 spiro atoms. The van der Waals surface area contributed by atoms with E-state index in [9.17, 15) is 0 Å². The highest BCUT2D eigenvalue weighted by Crippen LogP contribution is 2.35. The third-order valence-corrected chi connectivity index (χ3v) is 5.29. The first kappa shape index (κ1) is 12.9. The van der Waals surface area contributed by atoms with E-state index in [2.05, 4.69) is 40.0 Å². The zero-order chi connectivity index (χ0) is 14.4. The molecule has 0 aliphatic carbocycles. The van der Waals surface area contributed by atoms with E-state index in [1.165, 1.54) is 24.9 Å². The van der Waals surface area contributed by atoms with Crippen molar-refractivity contribution in [3.63, 3.8) is 0 Å². The molecule has 21 heavy (non-hydrogen) atoms. The number of hydrogen-bond donors (Lipinski definition) is 1. The van der Waals surface area contributed by atoms with Gasteiger partial charge in [0.1, 0.15) is 0 Å². The minimum Gasteiger partial charge on any atom is -0.396 e. The van der Waals surface area contributed by atoms with Gasteiger partial charge in [0.25, 0.3) is 0 Å². The summed E-state index contributed by atoms with van der Waals surface area (Å²) >= 11 is 0. The number of aromatic nitrogens is 1. The zero-order valence-corrected chi connectivity index (χ0v) is 12.5. The fourth-order valence-electron chi connectivity index (χ4n) is 3.97. The van der Waals surface area contributed by atoms with Crippen molar-refractivity contribution in [2.24, 2.45) is 0 Å². The Morgan fingerprint density at radius 3 is 2.90 bits per heavy atom. The van der Waals surface area contributed by atoms with E-state index in [0.29, 0.717) is 6.04 Å². The summed E-state index contributed by atoms with van der Waals surface area (Å²) in [7, 11) is 2.28. The van der Waals surface area contributed by atoms with Crippen LogP contribution >= 0.6 is 0 Å². The Morgan fingerprint density at radius 1 is 1.14 bits per heavy atom. The van der Waals surface area contributed by atoms with E-state index in [1.54, 1.807) is 0 Å². The molecule has 1 aromatic heterocycles. The molecule has 0 saturated carbocycles. The van der Waals surface area contributed by atoms with Crippen LogP contribution in [-0.4, -0.2) is 42.1 Å². The second kappa shape index (κ2) is 4.88. The first-order chi connectivity index (χ1) is 10.2. The molecule has 2 fully saturated rings. The maximum atomic E-state index is 6.44. The summed E-state index contributed by atoms with van der Waals surface area (Å²) < 4.78 is 0. The van der Waals surface area contributed by atoms with Crippen LogP contribution in [0.25, 0.3) is 10.9 Å². The molecule has 2 bridgehead atoms. The highest BCUT2D eigenvalue weighted by atomic mass is 15.3. The Balaban J connectivity index is 1.72. The average molecular weight is 282 g/mol. The molecule has 2 aliphatic rings. The fourth-order valence-corrected chi connectivity index (χ4v) is 3.97. The van der Waals surface area contributed by atoms with E-state index < -0.39 is 0 Å². The standard InChI is InChI=1S/C17H22N4/c1-20-12-4-5-13(20)11-21(10-8-12)16-7-6-15-14(17(16)18)3-2-9-19-15/h2-3,6-7,9,12-13H,4-5,8,10-11,18H2,1H3. The molecular weight excluding hydrogens is 260 g/mol. The van der Waals surface area contributed by atoms with E-state index in [1.807, 2.05) is 12.3 Å². The summed E-state index contributed by atoms with van der Waals surface area (Å²) in [5.74, 6) is 0. The predicted molar refractivity (Wildman–Crippen MR) is 87.6 cm³/mol. The summed E-state index contributed by atoms with van der Waals surface area (Å²) in [5, 5.41) is 1.07. The summed E-state index contributed by atoms with van der Waals surface area (Å²) in [4.78, 5) is 9.43. The van der Waals surface area contributed by atoms with Crippen LogP contribution in [0.5, 0.6) is 0 Å². The number of pyridine rings is 1. The number of benzene rings is 1. The molecule has 110 valence electrons. The quantitative estimate of drug-likeness (QED) is 0.816. The van der Waals surface area contributed by atoms with Crippen molar-refractivity contribution in [1.29, 1.82) is 0 Å². The largest absolute Gasteiger partial charge is 0.396 e. The predicted octanol–water partition coefficient (Wildman–Crippen LogP) is 2.49. The van der Waals surface area contributed by atoms with Gasteiger partial charge in [0.05, 0.1) is 16.9 Å². The van der Waals surface area contributed by atoms with Gasteiger partial charge in [-0.2, -0.15) is 0 Å². The molecule has 0 radical (unpaired) electrons. The van der Waals surface area contributed by atoms with Gasteiger partial charge < -0.3 is 10.6 Å². The SMILES string of the molecule is CN1C2CCC1CN(c1ccc3ncccc3c1N)CC2. The molecular formula is C17H22N4. The number of hydrogen-bond acceptors (Lipinski definition) is 4. The lowest BCUT2D eigenvalue weighted by Crippen LogP contribution is -2.36. The van der Waals surface area contributed by atoms with Gasteiger partial charge in [-0.05, 0) is 50.6 Å². The molecule has 2 saturated heterocycles. The molecule has 2 N–H and O–H groups in total. The van der Waals surface area contributed by atoms with Crippen LogP contribution in [0.15, 0.2) is 30.5 Å².